The molecule has 6 nitrogen and oxygen atoms in total. The second kappa shape index (κ2) is 12.5. The van der Waals surface area contributed by atoms with Crippen LogP contribution in [0.5, 0.6) is 5.88 Å². The van der Waals surface area contributed by atoms with Crippen LogP contribution in [-0.2, 0) is 65.4 Å². The van der Waals surface area contributed by atoms with E-state index >= 15 is 0 Å². The van der Waals surface area contributed by atoms with E-state index in [-0.39, 0.29) is 80.2 Å². The zero-order valence-electron chi connectivity index (χ0n) is 11.9. The van der Waals surface area contributed by atoms with Gasteiger partial charge in [-0.05, 0) is 6.92 Å². The maximum absolute atomic E-state index is 10.4. The Balaban J connectivity index is -0.000000125. The van der Waals surface area contributed by atoms with Crippen LogP contribution in [0.4, 0.5) is 0 Å². The van der Waals surface area contributed by atoms with Crippen LogP contribution in [0.3, 0.4) is 0 Å². The molecule has 112 valence electrons. The summed E-state index contributed by atoms with van der Waals surface area (Å²) in [6, 6.07) is 5.39. The fourth-order valence-corrected chi connectivity index (χ4v) is 1.34. The molecule has 0 fully saturated rings. The molecule has 0 aliphatic heterocycles. The minimum Gasteiger partial charge on any atom is -0.528 e. The van der Waals surface area contributed by atoms with E-state index in [0.29, 0.717) is 5.69 Å². The minimum absolute atomic E-state index is 0. The molecule has 0 amide bonds. The maximum Gasteiger partial charge on any atom is 0.342 e. The normalized spacial score (nSPS) is 8.19. The molecule has 0 bridgehead atoms. The van der Waals surface area contributed by atoms with Crippen LogP contribution in [0, 0.1) is 39.8 Å². The van der Waals surface area contributed by atoms with Crippen molar-refractivity contribution in [2.45, 2.75) is 35.1 Å². The Morgan fingerprint density at radius 1 is 0.952 bits per heavy atom. The molecule has 0 atom stereocenters. The first kappa shape index (κ1) is 25.9. The molecule has 2 heterocycles. The number of nitrogens with one attached hydrogen (secondary N) is 1. The molecule has 0 aliphatic rings. The molecular weight excluding hydrogens is 422 g/mol. The molecule has 21 heavy (non-hydrogen) atoms. The van der Waals surface area contributed by atoms with Crippen LogP contribution >= 0.6 is 0 Å². The number of rotatable bonds is 0. The second-order valence-electron chi connectivity index (χ2n) is 3.67. The fourth-order valence-electron chi connectivity index (χ4n) is 1.34. The van der Waals surface area contributed by atoms with Gasteiger partial charge < -0.3 is 22.2 Å². The largest absolute Gasteiger partial charge is 0.528 e. The second-order valence-corrected chi connectivity index (χ2v) is 3.67. The SMILES string of the molecule is C.Cc1[c-]c(C)nc(C)n1.Cc1[c-]c(O)[nH]c(=O)n1.[2HH].[Y].[Y]. The summed E-state index contributed by atoms with van der Waals surface area (Å²) in [5.41, 5.74) is 1.67. The Labute approximate surface area is 176 Å². The summed E-state index contributed by atoms with van der Waals surface area (Å²) in [5.74, 6) is 0.552. The van der Waals surface area contributed by atoms with Crippen LogP contribution in [0.15, 0.2) is 4.79 Å². The molecule has 2 aromatic heterocycles. The van der Waals surface area contributed by atoms with Crippen molar-refractivity contribution in [1.29, 1.82) is 0 Å². The molecule has 0 unspecified atom stereocenters. The molecule has 2 radical (unpaired) electrons. The van der Waals surface area contributed by atoms with E-state index in [9.17, 15) is 4.79 Å². The number of H-pyrrole nitrogens is 1. The van der Waals surface area contributed by atoms with Crippen molar-refractivity contribution < 1.29 is 72.0 Å². The predicted octanol–water partition coefficient (Wildman–Crippen LogP) is 1.66. The first-order chi connectivity index (χ1) is 8.36. The van der Waals surface area contributed by atoms with Gasteiger partial charge in [0.15, 0.2) is 0 Å². The third kappa shape index (κ3) is 11.2. The summed E-state index contributed by atoms with van der Waals surface area (Å²) < 4.78 is 0. The molecule has 0 aromatic carbocycles. The van der Waals surface area contributed by atoms with Gasteiger partial charge in [0.1, 0.15) is 5.82 Å². The van der Waals surface area contributed by atoms with E-state index in [1.165, 1.54) is 0 Å². The van der Waals surface area contributed by atoms with Gasteiger partial charge in [0.2, 0.25) is 0 Å². The molecular formula is C13H20N4O2Y2-2. The number of aromatic amines is 1. The van der Waals surface area contributed by atoms with Crippen molar-refractivity contribution in [1.82, 2.24) is 19.9 Å². The van der Waals surface area contributed by atoms with Gasteiger partial charge in [-0.2, -0.15) is 0 Å². The van der Waals surface area contributed by atoms with Crippen molar-refractivity contribution in [2.24, 2.45) is 0 Å². The molecule has 0 saturated heterocycles. The summed E-state index contributed by atoms with van der Waals surface area (Å²) >= 11 is 0. The van der Waals surface area contributed by atoms with Crippen molar-refractivity contribution in [3.63, 3.8) is 0 Å². The minimum atomic E-state index is -0.552. The molecule has 2 aromatic rings. The summed E-state index contributed by atoms with van der Waals surface area (Å²) in [4.78, 5) is 24.0. The van der Waals surface area contributed by atoms with Gasteiger partial charge in [-0.15, -0.1) is 17.1 Å². The third-order valence-electron chi connectivity index (χ3n) is 1.81. The van der Waals surface area contributed by atoms with Crippen molar-refractivity contribution in [2.75, 3.05) is 0 Å². The average molecular weight is 443 g/mol. The first-order valence-electron chi connectivity index (χ1n) is 5.27. The summed E-state index contributed by atoms with van der Waals surface area (Å²) in [6.45, 7) is 7.30. The van der Waals surface area contributed by atoms with Gasteiger partial charge in [-0.3, -0.25) is 9.97 Å². The van der Waals surface area contributed by atoms with Crippen molar-refractivity contribution >= 4 is 0 Å². The topological polar surface area (TPSA) is 91.8 Å². The van der Waals surface area contributed by atoms with Gasteiger partial charge in [-0.1, -0.05) is 28.2 Å². The maximum atomic E-state index is 10.4. The Morgan fingerprint density at radius 2 is 1.38 bits per heavy atom. The molecule has 0 saturated carbocycles. The van der Waals surface area contributed by atoms with Crippen LogP contribution in [0.1, 0.15) is 31.8 Å². The van der Waals surface area contributed by atoms with Gasteiger partial charge >= 0.3 is 5.69 Å². The van der Waals surface area contributed by atoms with E-state index in [4.69, 9.17) is 5.11 Å². The Morgan fingerprint density at radius 3 is 1.71 bits per heavy atom. The Hall–Kier alpha value is -0.0322. The van der Waals surface area contributed by atoms with Crippen molar-refractivity contribution in [3.05, 3.63) is 45.5 Å². The van der Waals surface area contributed by atoms with Crippen LogP contribution in [-0.4, -0.2) is 25.0 Å². The van der Waals surface area contributed by atoms with Crippen molar-refractivity contribution in [3.8, 4) is 5.88 Å². The monoisotopic (exact) mass is 443 g/mol. The van der Waals surface area contributed by atoms with E-state index in [1.807, 2.05) is 25.8 Å². The number of aryl methyl sites for hydroxylation is 4. The van der Waals surface area contributed by atoms with Gasteiger partial charge in [0.05, 0.1) is 0 Å². The van der Waals surface area contributed by atoms with Gasteiger partial charge in [0.25, 0.3) is 0 Å². The summed E-state index contributed by atoms with van der Waals surface area (Å²) in [7, 11) is 0. The summed E-state index contributed by atoms with van der Waals surface area (Å²) in [6.07, 6.45) is 0. The fraction of sp³-hybridized carbons (Fsp3) is 0.385. The zero-order valence-corrected chi connectivity index (χ0v) is 17.5. The van der Waals surface area contributed by atoms with Gasteiger partial charge in [0, 0.05) is 72.7 Å². The molecule has 0 spiro atoms. The number of aromatic nitrogens is 4. The van der Waals surface area contributed by atoms with Crippen LogP contribution < -0.4 is 5.69 Å². The average Bonchev–Trinajstić information content (AvgIpc) is 2.12. The Bertz CT molecular complexity index is 535. The quantitative estimate of drug-likeness (QED) is 0.605. The standard InChI is InChI=1S/C7H9N2.C5H5N2O2.CH4.2Y.H2/c1-5-4-6(2)9-7(3)8-5;1-3-2-4(8)7-5(9)6-3;;;;/h1-3H3;1H3,(H2,6,7,8,9);1H4;;;1H/q2*-1;;;;/i;;;;;1+1. The first-order valence-corrected chi connectivity index (χ1v) is 5.27. The molecule has 0 aliphatic carbocycles. The number of aromatic hydroxyl groups is 1. The molecule has 2 N–H and O–H groups in total. The number of hydrogen-bond donors (Lipinski definition) is 2. The van der Waals surface area contributed by atoms with Gasteiger partial charge in [-0.25, -0.2) is 9.78 Å². The number of hydrogen-bond acceptors (Lipinski definition) is 5. The van der Waals surface area contributed by atoms with E-state index in [1.54, 1.807) is 6.92 Å². The smallest absolute Gasteiger partial charge is 0.342 e. The van der Waals surface area contributed by atoms with Crippen LogP contribution in [0.2, 0.25) is 0 Å². The number of nitrogens with zero attached hydrogens (tertiary/aromatic N) is 3. The Kier molecular flexibility index (Phi) is 15.4. The molecule has 2 rings (SSSR count). The molecule has 8 heteroatoms. The summed E-state index contributed by atoms with van der Waals surface area (Å²) in [5, 5.41) is 8.64. The van der Waals surface area contributed by atoms with E-state index in [0.717, 1.165) is 17.2 Å². The van der Waals surface area contributed by atoms with Crippen LogP contribution in [0.25, 0.3) is 0 Å². The predicted molar refractivity (Wildman–Crippen MR) is 74.0 cm³/mol. The zero-order chi connectivity index (χ0) is 13.7. The third-order valence-corrected chi connectivity index (χ3v) is 1.81. The van der Waals surface area contributed by atoms with E-state index in [2.05, 4.69) is 27.1 Å². The van der Waals surface area contributed by atoms with E-state index < -0.39 is 5.69 Å².